The molecule has 0 aliphatic heterocycles. The van der Waals surface area contributed by atoms with E-state index in [0.717, 1.165) is 17.0 Å². The number of carbonyl (C=O) groups is 1. The molecule has 2 aromatic rings. The van der Waals surface area contributed by atoms with Gasteiger partial charge in [0.1, 0.15) is 0 Å². The number of nitrogens with zero attached hydrogens (tertiary/aromatic N) is 1. The van der Waals surface area contributed by atoms with Crippen LogP contribution in [0.4, 0.5) is 0 Å². The Bertz CT molecular complexity index is 773. The van der Waals surface area contributed by atoms with Gasteiger partial charge in [0.2, 0.25) is 5.91 Å². The Morgan fingerprint density at radius 2 is 1.73 bits per heavy atom. The van der Waals surface area contributed by atoms with Crippen LogP contribution in [0.3, 0.4) is 0 Å². The van der Waals surface area contributed by atoms with Gasteiger partial charge in [0.25, 0.3) is 0 Å². The Morgan fingerprint density at radius 3 is 2.35 bits per heavy atom. The van der Waals surface area contributed by atoms with Crippen LogP contribution in [-0.2, 0) is 16.0 Å². The first kappa shape index (κ1) is 20.2. The average molecular weight is 369 g/mol. The highest BCUT2D eigenvalue weighted by Gasteiger charge is 2.13. The van der Waals surface area contributed by atoms with Crippen molar-refractivity contribution in [2.45, 2.75) is 45.8 Å². The van der Waals surface area contributed by atoms with E-state index in [1.165, 1.54) is 16.7 Å². The van der Waals surface area contributed by atoms with Gasteiger partial charge in [-0.1, -0.05) is 69.3 Å². The van der Waals surface area contributed by atoms with E-state index in [1.54, 1.807) is 11.8 Å². The number of hydrazone groups is 1. The van der Waals surface area contributed by atoms with Crippen LogP contribution in [0.25, 0.3) is 0 Å². The second-order valence-electron chi connectivity index (χ2n) is 7.48. The smallest absolute Gasteiger partial charge is 0.250 e. The fourth-order valence-corrected chi connectivity index (χ4v) is 3.38. The standard InChI is InChI=1S/C22H28N2OS/c1-16-8-6-7-9-19(16)14-26-15-21(25)24-23-17(2)18-10-12-20(13-11-18)22(3,4)5/h6-13H,14-15H2,1-5H3,(H,24,25)/b23-17-. The van der Waals surface area contributed by atoms with Gasteiger partial charge in [-0.3, -0.25) is 4.79 Å². The summed E-state index contributed by atoms with van der Waals surface area (Å²) < 4.78 is 0. The van der Waals surface area contributed by atoms with Crippen molar-refractivity contribution in [3.8, 4) is 0 Å². The van der Waals surface area contributed by atoms with Crippen LogP contribution >= 0.6 is 11.8 Å². The molecule has 0 heterocycles. The zero-order valence-corrected chi connectivity index (χ0v) is 17.1. The lowest BCUT2D eigenvalue weighted by Crippen LogP contribution is -2.21. The molecule has 0 saturated carbocycles. The van der Waals surface area contributed by atoms with Crippen molar-refractivity contribution < 1.29 is 4.79 Å². The first-order chi connectivity index (χ1) is 12.3. The fourth-order valence-electron chi connectivity index (χ4n) is 2.48. The molecule has 0 spiro atoms. The van der Waals surface area contributed by atoms with E-state index in [4.69, 9.17) is 0 Å². The molecule has 0 radical (unpaired) electrons. The molecule has 0 fully saturated rings. The molecule has 4 heteroatoms. The lowest BCUT2D eigenvalue weighted by molar-refractivity contribution is -0.118. The third-order valence-corrected chi connectivity index (χ3v) is 5.25. The Labute approximate surface area is 161 Å². The van der Waals surface area contributed by atoms with Crippen LogP contribution in [0.2, 0.25) is 0 Å². The van der Waals surface area contributed by atoms with E-state index >= 15 is 0 Å². The van der Waals surface area contributed by atoms with Crippen LogP contribution in [0.5, 0.6) is 0 Å². The molecule has 0 aliphatic carbocycles. The van der Waals surface area contributed by atoms with E-state index < -0.39 is 0 Å². The van der Waals surface area contributed by atoms with E-state index in [1.807, 2.05) is 19.1 Å². The number of carbonyl (C=O) groups excluding carboxylic acids is 1. The quantitative estimate of drug-likeness (QED) is 0.571. The number of nitrogens with one attached hydrogen (secondary N) is 1. The van der Waals surface area contributed by atoms with Gasteiger partial charge in [0.15, 0.2) is 0 Å². The predicted octanol–water partition coefficient (Wildman–Crippen LogP) is 5.07. The summed E-state index contributed by atoms with van der Waals surface area (Å²) in [5.41, 5.74) is 8.42. The normalized spacial score (nSPS) is 12.1. The van der Waals surface area contributed by atoms with Crippen molar-refractivity contribution in [1.29, 1.82) is 0 Å². The monoisotopic (exact) mass is 368 g/mol. The molecular formula is C22H28N2OS. The van der Waals surface area contributed by atoms with Crippen molar-refractivity contribution in [2.24, 2.45) is 5.10 Å². The van der Waals surface area contributed by atoms with Gasteiger partial charge >= 0.3 is 0 Å². The van der Waals surface area contributed by atoms with Crippen molar-refractivity contribution >= 4 is 23.4 Å². The van der Waals surface area contributed by atoms with E-state index in [0.29, 0.717) is 5.75 Å². The van der Waals surface area contributed by atoms with Gasteiger partial charge < -0.3 is 0 Å². The van der Waals surface area contributed by atoms with Gasteiger partial charge in [-0.25, -0.2) is 5.43 Å². The molecule has 2 aromatic carbocycles. The Balaban J connectivity index is 1.84. The highest BCUT2D eigenvalue weighted by Crippen LogP contribution is 2.22. The number of amides is 1. The molecule has 1 amide bonds. The molecule has 1 N–H and O–H groups in total. The Morgan fingerprint density at radius 1 is 1.08 bits per heavy atom. The summed E-state index contributed by atoms with van der Waals surface area (Å²) in [6.07, 6.45) is 0. The third kappa shape index (κ3) is 6.03. The average Bonchev–Trinajstić information content (AvgIpc) is 2.60. The molecule has 3 nitrogen and oxygen atoms in total. The van der Waals surface area contributed by atoms with Crippen molar-refractivity contribution in [3.63, 3.8) is 0 Å². The summed E-state index contributed by atoms with van der Waals surface area (Å²) in [4.78, 5) is 12.0. The molecule has 0 unspecified atom stereocenters. The van der Waals surface area contributed by atoms with Gasteiger partial charge in [-0.2, -0.15) is 5.10 Å². The van der Waals surface area contributed by atoms with Crippen LogP contribution in [0, 0.1) is 6.92 Å². The lowest BCUT2D eigenvalue weighted by atomic mass is 9.86. The second-order valence-corrected chi connectivity index (χ2v) is 8.46. The maximum Gasteiger partial charge on any atom is 0.250 e. The number of aryl methyl sites for hydroxylation is 1. The summed E-state index contributed by atoms with van der Waals surface area (Å²) in [7, 11) is 0. The minimum Gasteiger partial charge on any atom is -0.272 e. The number of thioether (sulfide) groups is 1. The summed E-state index contributed by atoms with van der Waals surface area (Å²) in [6, 6.07) is 16.6. The first-order valence-corrected chi connectivity index (χ1v) is 9.99. The topological polar surface area (TPSA) is 41.5 Å². The molecule has 138 valence electrons. The largest absolute Gasteiger partial charge is 0.272 e. The fraction of sp³-hybridized carbons (Fsp3) is 0.364. The van der Waals surface area contributed by atoms with Gasteiger partial charge in [-0.05, 0) is 41.5 Å². The highest BCUT2D eigenvalue weighted by molar-refractivity contribution is 7.99. The second kappa shape index (κ2) is 9.04. The summed E-state index contributed by atoms with van der Waals surface area (Å²) in [5, 5.41) is 4.23. The Hall–Kier alpha value is -2.07. The Kier molecular flexibility index (Phi) is 7.04. The van der Waals surface area contributed by atoms with E-state index in [9.17, 15) is 4.79 Å². The third-order valence-electron chi connectivity index (χ3n) is 4.27. The number of rotatable bonds is 6. The molecule has 0 aliphatic rings. The minimum atomic E-state index is -0.0748. The summed E-state index contributed by atoms with van der Waals surface area (Å²) in [5.74, 6) is 1.15. The minimum absolute atomic E-state index is 0.0748. The predicted molar refractivity (Wildman–Crippen MR) is 113 cm³/mol. The van der Waals surface area contributed by atoms with Crippen LogP contribution in [-0.4, -0.2) is 17.4 Å². The van der Waals surface area contributed by atoms with Crippen molar-refractivity contribution in [3.05, 3.63) is 70.8 Å². The molecule has 0 saturated heterocycles. The van der Waals surface area contributed by atoms with E-state index in [2.05, 4.69) is 74.6 Å². The first-order valence-electron chi connectivity index (χ1n) is 8.83. The molecule has 0 atom stereocenters. The zero-order valence-electron chi connectivity index (χ0n) is 16.3. The highest BCUT2D eigenvalue weighted by atomic mass is 32.2. The maximum absolute atomic E-state index is 12.0. The van der Waals surface area contributed by atoms with E-state index in [-0.39, 0.29) is 11.3 Å². The number of benzene rings is 2. The molecule has 0 aromatic heterocycles. The van der Waals surface area contributed by atoms with Gasteiger partial charge in [-0.15, -0.1) is 11.8 Å². The van der Waals surface area contributed by atoms with Gasteiger partial charge in [0.05, 0.1) is 11.5 Å². The van der Waals surface area contributed by atoms with Crippen molar-refractivity contribution in [2.75, 3.05) is 5.75 Å². The van der Waals surface area contributed by atoms with Crippen LogP contribution in [0.15, 0.2) is 53.6 Å². The molecule has 26 heavy (non-hydrogen) atoms. The zero-order chi connectivity index (χ0) is 19.2. The maximum atomic E-state index is 12.0. The summed E-state index contributed by atoms with van der Waals surface area (Å²) in [6.45, 7) is 10.6. The number of hydrogen-bond donors (Lipinski definition) is 1. The number of hydrogen-bond acceptors (Lipinski definition) is 3. The lowest BCUT2D eigenvalue weighted by Gasteiger charge is -2.19. The van der Waals surface area contributed by atoms with Gasteiger partial charge in [0, 0.05) is 5.75 Å². The van der Waals surface area contributed by atoms with Crippen LogP contribution in [0.1, 0.15) is 49.9 Å². The molecule has 0 bridgehead atoms. The van der Waals surface area contributed by atoms with Crippen LogP contribution < -0.4 is 5.43 Å². The molecular weight excluding hydrogens is 340 g/mol. The molecule has 2 rings (SSSR count). The summed E-state index contributed by atoms with van der Waals surface area (Å²) >= 11 is 1.60. The SMILES string of the molecule is C/C(=N/NC(=O)CSCc1ccccc1C)c1ccc(C(C)(C)C)cc1. The van der Waals surface area contributed by atoms with Crippen molar-refractivity contribution in [1.82, 2.24) is 5.43 Å².